The van der Waals surface area contributed by atoms with E-state index in [-0.39, 0.29) is 6.42 Å². The highest BCUT2D eigenvalue weighted by molar-refractivity contribution is 8.00. The van der Waals surface area contributed by atoms with Gasteiger partial charge in [0.25, 0.3) is 0 Å². The Morgan fingerprint density at radius 3 is 3.21 bits per heavy atom. The summed E-state index contributed by atoms with van der Waals surface area (Å²) < 4.78 is 5.83. The molecule has 3 nitrogen and oxygen atoms in total. The van der Waals surface area contributed by atoms with Crippen molar-refractivity contribution >= 4 is 17.7 Å². The molecule has 0 spiro atoms. The maximum atomic E-state index is 10.8. The Hall–Kier alpha value is -1.68. The number of allylic oxidation sites excluding steroid dienone is 3. The van der Waals surface area contributed by atoms with Crippen molar-refractivity contribution in [1.29, 1.82) is 0 Å². The van der Waals surface area contributed by atoms with Gasteiger partial charge in [0.15, 0.2) is 0 Å². The second-order valence-electron chi connectivity index (χ2n) is 4.64. The summed E-state index contributed by atoms with van der Waals surface area (Å²) in [7, 11) is 0. The van der Waals surface area contributed by atoms with E-state index in [4.69, 9.17) is 9.84 Å². The lowest BCUT2D eigenvalue weighted by molar-refractivity contribution is -0.136. The van der Waals surface area contributed by atoms with Gasteiger partial charge in [-0.25, -0.2) is 0 Å². The molecule has 0 fully saturated rings. The molecular weight excluding hydrogens is 260 g/mol. The van der Waals surface area contributed by atoms with Crippen molar-refractivity contribution < 1.29 is 14.6 Å². The Morgan fingerprint density at radius 2 is 2.37 bits per heavy atom. The van der Waals surface area contributed by atoms with Gasteiger partial charge in [-0.1, -0.05) is 24.3 Å². The Labute approximate surface area is 116 Å². The van der Waals surface area contributed by atoms with Gasteiger partial charge in [0.05, 0.1) is 11.7 Å². The largest absolute Gasteiger partial charge is 0.492 e. The van der Waals surface area contributed by atoms with E-state index in [1.165, 1.54) is 4.90 Å². The molecule has 19 heavy (non-hydrogen) atoms. The Morgan fingerprint density at radius 1 is 1.47 bits per heavy atom. The summed E-state index contributed by atoms with van der Waals surface area (Å²) in [6, 6.07) is 5.86. The van der Waals surface area contributed by atoms with Gasteiger partial charge in [-0.2, -0.15) is 0 Å². The van der Waals surface area contributed by atoms with Crippen LogP contribution in [-0.2, 0) is 22.6 Å². The van der Waals surface area contributed by atoms with Crippen LogP contribution in [0.25, 0.3) is 0 Å². The Bertz CT molecular complexity index is 575. The molecule has 1 aliphatic carbocycles. The van der Waals surface area contributed by atoms with Crippen molar-refractivity contribution in [2.45, 2.75) is 29.6 Å². The van der Waals surface area contributed by atoms with Crippen LogP contribution in [0.4, 0.5) is 0 Å². The topological polar surface area (TPSA) is 46.5 Å². The molecule has 0 saturated carbocycles. The third-order valence-corrected chi connectivity index (χ3v) is 4.57. The van der Waals surface area contributed by atoms with E-state index in [0.717, 1.165) is 23.3 Å². The number of thioether (sulfide) groups is 1. The number of rotatable bonds is 2. The molecule has 0 aromatic heterocycles. The van der Waals surface area contributed by atoms with Gasteiger partial charge in [-0.15, -0.1) is 11.8 Å². The summed E-state index contributed by atoms with van der Waals surface area (Å²) >= 11 is 1.80. The molecule has 1 aromatic carbocycles. The first kappa shape index (κ1) is 12.4. The summed E-state index contributed by atoms with van der Waals surface area (Å²) in [5, 5.41) is 9.19. The van der Waals surface area contributed by atoms with Gasteiger partial charge < -0.3 is 9.84 Å². The van der Waals surface area contributed by atoms with Crippen molar-refractivity contribution in [3.8, 4) is 0 Å². The number of fused-ring (bicyclic) bond motifs is 2. The molecule has 4 heteroatoms. The van der Waals surface area contributed by atoms with E-state index >= 15 is 0 Å². The van der Waals surface area contributed by atoms with E-state index in [1.54, 1.807) is 11.8 Å². The predicted molar refractivity (Wildman–Crippen MR) is 74.1 cm³/mol. The Kier molecular flexibility index (Phi) is 3.34. The fraction of sp³-hybridized carbons (Fsp3) is 0.267. The minimum absolute atomic E-state index is 0.0611. The van der Waals surface area contributed by atoms with Crippen molar-refractivity contribution in [1.82, 2.24) is 0 Å². The average molecular weight is 274 g/mol. The molecule has 2 aliphatic rings. The SMILES string of the molecule is O=C(O)Cc1ccc2c(c1)COC1=CC=CCC1S2. The van der Waals surface area contributed by atoms with Gasteiger partial charge >= 0.3 is 5.97 Å². The van der Waals surface area contributed by atoms with Crippen molar-refractivity contribution in [3.05, 3.63) is 53.3 Å². The summed E-state index contributed by atoms with van der Waals surface area (Å²) in [4.78, 5) is 11.9. The Balaban J connectivity index is 1.88. The van der Waals surface area contributed by atoms with E-state index in [9.17, 15) is 4.79 Å². The highest BCUT2D eigenvalue weighted by atomic mass is 32.2. The highest BCUT2D eigenvalue weighted by Gasteiger charge is 2.23. The number of hydrogen-bond donors (Lipinski definition) is 1. The molecular formula is C15H14O3S. The zero-order valence-corrected chi connectivity index (χ0v) is 11.2. The first-order valence-electron chi connectivity index (χ1n) is 6.22. The zero-order valence-electron chi connectivity index (χ0n) is 10.3. The molecule has 1 aliphatic heterocycles. The summed E-state index contributed by atoms with van der Waals surface area (Å²) in [6.45, 7) is 0.520. The molecule has 0 radical (unpaired) electrons. The van der Waals surface area contributed by atoms with Crippen molar-refractivity contribution in [2.75, 3.05) is 0 Å². The highest BCUT2D eigenvalue weighted by Crippen LogP contribution is 2.39. The van der Waals surface area contributed by atoms with Gasteiger partial charge in [-0.05, 0) is 24.1 Å². The second-order valence-corrected chi connectivity index (χ2v) is 5.89. The fourth-order valence-electron chi connectivity index (χ4n) is 2.30. The normalized spacial score (nSPS) is 20.6. The zero-order chi connectivity index (χ0) is 13.2. The van der Waals surface area contributed by atoms with Crippen LogP contribution >= 0.6 is 11.8 Å². The van der Waals surface area contributed by atoms with Gasteiger partial charge in [0.2, 0.25) is 0 Å². The molecule has 1 atom stereocenters. The summed E-state index contributed by atoms with van der Waals surface area (Å²) in [6.07, 6.45) is 7.23. The lowest BCUT2D eigenvalue weighted by Crippen LogP contribution is -2.08. The van der Waals surface area contributed by atoms with Crippen LogP contribution in [-0.4, -0.2) is 16.3 Å². The van der Waals surface area contributed by atoms with Crippen molar-refractivity contribution in [2.24, 2.45) is 0 Å². The fourth-order valence-corrected chi connectivity index (χ4v) is 3.49. The molecule has 0 saturated heterocycles. The van der Waals surface area contributed by atoms with E-state index in [1.807, 2.05) is 30.4 Å². The average Bonchev–Trinajstić information content (AvgIpc) is 2.57. The second kappa shape index (κ2) is 5.13. The van der Waals surface area contributed by atoms with E-state index in [0.29, 0.717) is 11.9 Å². The van der Waals surface area contributed by atoms with Crippen LogP contribution in [0.2, 0.25) is 0 Å². The smallest absolute Gasteiger partial charge is 0.307 e. The number of aliphatic carboxylic acids is 1. The number of carbonyl (C=O) groups is 1. The van der Waals surface area contributed by atoms with Crippen LogP contribution in [0.1, 0.15) is 17.5 Å². The lowest BCUT2D eigenvalue weighted by atomic mass is 10.1. The number of carboxylic acids is 1. The molecule has 0 amide bonds. The predicted octanol–water partition coefficient (Wildman–Crippen LogP) is 3.15. The van der Waals surface area contributed by atoms with Gasteiger partial charge in [0, 0.05) is 10.5 Å². The van der Waals surface area contributed by atoms with Crippen LogP contribution in [0.5, 0.6) is 0 Å². The quantitative estimate of drug-likeness (QED) is 0.900. The third kappa shape index (κ3) is 2.68. The molecule has 1 unspecified atom stereocenters. The molecule has 1 aromatic rings. The summed E-state index contributed by atoms with van der Waals surface area (Å²) in [5.41, 5.74) is 1.91. The maximum absolute atomic E-state index is 10.8. The molecule has 1 heterocycles. The van der Waals surface area contributed by atoms with Gasteiger partial charge in [0.1, 0.15) is 12.4 Å². The monoisotopic (exact) mass is 274 g/mol. The lowest BCUT2D eigenvalue weighted by Gasteiger charge is -2.17. The molecule has 98 valence electrons. The van der Waals surface area contributed by atoms with Crippen LogP contribution in [0, 0.1) is 0 Å². The first-order valence-corrected chi connectivity index (χ1v) is 7.10. The molecule has 1 N–H and O–H groups in total. The van der Waals surface area contributed by atoms with Crippen LogP contribution in [0.3, 0.4) is 0 Å². The third-order valence-electron chi connectivity index (χ3n) is 3.21. The van der Waals surface area contributed by atoms with E-state index in [2.05, 4.69) is 6.08 Å². The minimum atomic E-state index is -0.803. The number of carboxylic acid groups (broad SMARTS) is 1. The number of ether oxygens (including phenoxy) is 1. The molecule has 0 bridgehead atoms. The molecule has 3 rings (SSSR count). The maximum Gasteiger partial charge on any atom is 0.307 e. The number of benzene rings is 1. The van der Waals surface area contributed by atoms with Gasteiger partial charge in [-0.3, -0.25) is 4.79 Å². The van der Waals surface area contributed by atoms with Crippen LogP contribution < -0.4 is 0 Å². The first-order chi connectivity index (χ1) is 9.22. The van der Waals surface area contributed by atoms with Crippen molar-refractivity contribution in [3.63, 3.8) is 0 Å². The summed E-state index contributed by atoms with van der Waals surface area (Å²) in [5.74, 6) is 0.214. The minimum Gasteiger partial charge on any atom is -0.492 e. The van der Waals surface area contributed by atoms with Crippen LogP contribution in [0.15, 0.2) is 47.1 Å². The van der Waals surface area contributed by atoms with E-state index < -0.39 is 5.97 Å². The standard InChI is InChI=1S/C15H14O3S/c16-15(17)8-10-5-6-13-11(7-10)9-18-12-3-1-2-4-14(12)19-13/h1-3,5-7,14H,4,8-9H2,(H,16,17). The number of hydrogen-bond acceptors (Lipinski definition) is 3.